The van der Waals surface area contributed by atoms with E-state index in [1.807, 2.05) is 0 Å². The maximum absolute atomic E-state index is 5.75. The molecule has 0 saturated carbocycles. The van der Waals surface area contributed by atoms with Gasteiger partial charge < -0.3 is 10.6 Å². The summed E-state index contributed by atoms with van der Waals surface area (Å²) in [4.78, 5) is 2.50. The first-order valence-corrected chi connectivity index (χ1v) is 5.20. The van der Waals surface area contributed by atoms with Gasteiger partial charge in [-0.25, -0.2) is 0 Å². The number of hydrogen-bond acceptors (Lipinski definition) is 2. The summed E-state index contributed by atoms with van der Waals surface area (Å²) >= 11 is 0. The Bertz CT molecular complexity index is 123. The van der Waals surface area contributed by atoms with Crippen LogP contribution in [0.15, 0.2) is 0 Å². The number of likely N-dealkylation sites (tertiary alicyclic amines) is 1. The van der Waals surface area contributed by atoms with E-state index in [0.29, 0.717) is 6.04 Å². The van der Waals surface area contributed by atoms with Gasteiger partial charge in [-0.1, -0.05) is 13.3 Å². The third-order valence-electron chi connectivity index (χ3n) is 2.61. The number of nitrogens with zero attached hydrogens (tertiary/aromatic N) is 1. The molecule has 1 rings (SSSR count). The molecule has 72 valence electrons. The van der Waals surface area contributed by atoms with Crippen molar-refractivity contribution < 1.29 is 0 Å². The Labute approximate surface area is 76.1 Å². The minimum Gasteiger partial charge on any atom is -0.327 e. The lowest BCUT2D eigenvalue weighted by Crippen LogP contribution is -2.34. The van der Waals surface area contributed by atoms with Crippen LogP contribution in [0.25, 0.3) is 0 Å². The lowest BCUT2D eigenvalue weighted by molar-refractivity contribution is 0.305. The summed E-state index contributed by atoms with van der Waals surface area (Å²) in [7, 11) is 0. The van der Waals surface area contributed by atoms with Crippen LogP contribution in [0.4, 0.5) is 0 Å². The van der Waals surface area contributed by atoms with E-state index in [1.54, 1.807) is 0 Å². The van der Waals surface area contributed by atoms with Gasteiger partial charge in [0.25, 0.3) is 0 Å². The zero-order chi connectivity index (χ0) is 8.97. The summed E-state index contributed by atoms with van der Waals surface area (Å²) in [5.41, 5.74) is 5.75. The quantitative estimate of drug-likeness (QED) is 0.692. The zero-order valence-electron chi connectivity index (χ0n) is 8.42. The number of nitrogens with two attached hydrogens (primary N) is 1. The first-order chi connectivity index (χ1) is 5.72. The fourth-order valence-electron chi connectivity index (χ4n) is 2.13. The average molecular weight is 170 g/mol. The van der Waals surface area contributed by atoms with Crippen molar-refractivity contribution in [2.45, 2.75) is 39.2 Å². The van der Waals surface area contributed by atoms with Crippen LogP contribution in [0, 0.1) is 5.92 Å². The standard InChI is InChI=1S/C10H22N2/c1-3-4-10-5-6-12(8-10)7-9(2)11/h9-10H,3-8,11H2,1-2H3. The van der Waals surface area contributed by atoms with Crippen molar-refractivity contribution in [1.82, 2.24) is 4.90 Å². The summed E-state index contributed by atoms with van der Waals surface area (Å²) in [5, 5.41) is 0. The van der Waals surface area contributed by atoms with Gasteiger partial charge >= 0.3 is 0 Å². The maximum atomic E-state index is 5.75. The Hall–Kier alpha value is -0.0800. The van der Waals surface area contributed by atoms with Gasteiger partial charge in [-0.2, -0.15) is 0 Å². The molecule has 1 fully saturated rings. The van der Waals surface area contributed by atoms with Gasteiger partial charge in [-0.15, -0.1) is 0 Å². The largest absolute Gasteiger partial charge is 0.327 e. The molecule has 1 heterocycles. The molecule has 2 heteroatoms. The van der Waals surface area contributed by atoms with Crippen molar-refractivity contribution >= 4 is 0 Å². The second kappa shape index (κ2) is 4.83. The summed E-state index contributed by atoms with van der Waals surface area (Å²) in [6.07, 6.45) is 4.12. The topological polar surface area (TPSA) is 29.3 Å². The van der Waals surface area contributed by atoms with E-state index >= 15 is 0 Å². The molecule has 0 aromatic heterocycles. The molecular weight excluding hydrogens is 148 g/mol. The molecule has 1 aliphatic heterocycles. The summed E-state index contributed by atoms with van der Waals surface area (Å²) < 4.78 is 0. The van der Waals surface area contributed by atoms with Crippen molar-refractivity contribution in [2.75, 3.05) is 19.6 Å². The van der Waals surface area contributed by atoms with Gasteiger partial charge in [0.1, 0.15) is 0 Å². The van der Waals surface area contributed by atoms with E-state index in [0.717, 1.165) is 12.5 Å². The van der Waals surface area contributed by atoms with E-state index < -0.39 is 0 Å². The van der Waals surface area contributed by atoms with Gasteiger partial charge in [0, 0.05) is 19.1 Å². The molecule has 12 heavy (non-hydrogen) atoms. The fourth-order valence-corrected chi connectivity index (χ4v) is 2.13. The second-order valence-corrected chi connectivity index (χ2v) is 4.18. The summed E-state index contributed by atoms with van der Waals surface area (Å²) in [6.45, 7) is 8.00. The van der Waals surface area contributed by atoms with Gasteiger partial charge in [0.05, 0.1) is 0 Å². The molecule has 0 aromatic rings. The molecule has 1 saturated heterocycles. The van der Waals surface area contributed by atoms with Crippen LogP contribution in [-0.2, 0) is 0 Å². The highest BCUT2D eigenvalue weighted by molar-refractivity contribution is 4.76. The van der Waals surface area contributed by atoms with Crippen LogP contribution in [0.5, 0.6) is 0 Å². The monoisotopic (exact) mass is 170 g/mol. The molecule has 1 aliphatic rings. The minimum absolute atomic E-state index is 0.338. The molecule has 0 bridgehead atoms. The molecule has 2 nitrogen and oxygen atoms in total. The third kappa shape index (κ3) is 3.11. The first-order valence-electron chi connectivity index (χ1n) is 5.20. The van der Waals surface area contributed by atoms with Crippen molar-refractivity contribution in [3.63, 3.8) is 0 Å². The highest BCUT2D eigenvalue weighted by Crippen LogP contribution is 2.20. The Kier molecular flexibility index (Phi) is 4.02. The van der Waals surface area contributed by atoms with Gasteiger partial charge in [0.2, 0.25) is 0 Å². The fraction of sp³-hybridized carbons (Fsp3) is 1.00. The lowest BCUT2D eigenvalue weighted by atomic mass is 10.0. The van der Waals surface area contributed by atoms with Crippen LogP contribution >= 0.6 is 0 Å². The van der Waals surface area contributed by atoms with E-state index in [2.05, 4.69) is 18.7 Å². The molecule has 2 atom stereocenters. The normalized spacial score (nSPS) is 27.8. The minimum atomic E-state index is 0.338. The van der Waals surface area contributed by atoms with Crippen molar-refractivity contribution in [3.05, 3.63) is 0 Å². The van der Waals surface area contributed by atoms with Crippen LogP contribution < -0.4 is 5.73 Å². The SMILES string of the molecule is CCCC1CCN(CC(C)N)C1. The molecule has 0 amide bonds. The highest BCUT2D eigenvalue weighted by Gasteiger charge is 2.21. The van der Waals surface area contributed by atoms with E-state index in [1.165, 1.54) is 32.4 Å². The smallest absolute Gasteiger partial charge is 0.0139 e. The van der Waals surface area contributed by atoms with Crippen molar-refractivity contribution in [1.29, 1.82) is 0 Å². The van der Waals surface area contributed by atoms with Gasteiger partial charge in [-0.05, 0) is 32.2 Å². The van der Waals surface area contributed by atoms with Crippen LogP contribution in [-0.4, -0.2) is 30.6 Å². The van der Waals surface area contributed by atoms with E-state index in [-0.39, 0.29) is 0 Å². The van der Waals surface area contributed by atoms with E-state index in [9.17, 15) is 0 Å². The molecule has 0 aliphatic carbocycles. The highest BCUT2D eigenvalue weighted by atomic mass is 15.2. The van der Waals surface area contributed by atoms with Gasteiger partial charge in [-0.3, -0.25) is 0 Å². The molecule has 2 N–H and O–H groups in total. The second-order valence-electron chi connectivity index (χ2n) is 4.18. The van der Waals surface area contributed by atoms with Crippen molar-refractivity contribution in [2.24, 2.45) is 11.7 Å². The van der Waals surface area contributed by atoms with Crippen LogP contribution in [0.2, 0.25) is 0 Å². The van der Waals surface area contributed by atoms with Crippen LogP contribution in [0.1, 0.15) is 33.1 Å². The third-order valence-corrected chi connectivity index (χ3v) is 2.61. The molecule has 0 aromatic carbocycles. The zero-order valence-corrected chi connectivity index (χ0v) is 8.42. The summed E-state index contributed by atoms with van der Waals surface area (Å²) in [6, 6.07) is 0.338. The Morgan fingerprint density at radius 2 is 2.33 bits per heavy atom. The molecule has 0 radical (unpaired) electrons. The number of hydrogen-bond donors (Lipinski definition) is 1. The Morgan fingerprint density at radius 3 is 2.92 bits per heavy atom. The molecule has 2 unspecified atom stereocenters. The predicted molar refractivity (Wildman–Crippen MR) is 53.1 cm³/mol. The van der Waals surface area contributed by atoms with Gasteiger partial charge in [0.15, 0.2) is 0 Å². The maximum Gasteiger partial charge on any atom is 0.0139 e. The molecular formula is C10H22N2. The number of rotatable bonds is 4. The van der Waals surface area contributed by atoms with E-state index in [4.69, 9.17) is 5.73 Å². The Balaban J connectivity index is 2.16. The average Bonchev–Trinajstić information content (AvgIpc) is 2.36. The lowest BCUT2D eigenvalue weighted by Gasteiger charge is -2.17. The predicted octanol–water partition coefficient (Wildman–Crippen LogP) is 1.46. The molecule has 0 spiro atoms. The first kappa shape index (κ1) is 10.0. The Morgan fingerprint density at radius 1 is 1.58 bits per heavy atom. The van der Waals surface area contributed by atoms with Crippen LogP contribution in [0.3, 0.4) is 0 Å². The summed E-state index contributed by atoms with van der Waals surface area (Å²) in [5.74, 6) is 0.953. The van der Waals surface area contributed by atoms with Crippen molar-refractivity contribution in [3.8, 4) is 0 Å².